The van der Waals surface area contributed by atoms with Gasteiger partial charge in [0.05, 0.1) is 34.8 Å². The fourth-order valence-electron chi connectivity index (χ4n) is 7.65. The maximum absolute atomic E-state index is 11.8. The predicted molar refractivity (Wildman–Crippen MR) is 248 cm³/mol. The van der Waals surface area contributed by atoms with Gasteiger partial charge in [-0.15, -0.1) is 0 Å². The van der Waals surface area contributed by atoms with Crippen LogP contribution in [0.2, 0.25) is 0 Å². The van der Waals surface area contributed by atoms with E-state index in [1.165, 1.54) is 5.56 Å². The Kier molecular flexibility index (Phi) is 8.66. The second kappa shape index (κ2) is 15.2. The van der Waals surface area contributed by atoms with Crippen molar-refractivity contribution in [3.8, 4) is 67.5 Å². The van der Waals surface area contributed by atoms with Gasteiger partial charge in [0.15, 0.2) is 0 Å². The SMILES string of the molecule is [2H]c1c([2H])c([2H])c(-c2ccnc(-c3cc(-c4cccc5c4nc(-c4cc(C(C)(C)CC)ccc4O)n5-c4ccc(C(C)(C)C)cc4-c4ccccc4)cc(C(C)(C)C)c3)c2)c([2H])c1[2H]. The van der Waals surface area contributed by atoms with E-state index in [1.54, 1.807) is 24.4 Å². The molecule has 0 atom stereocenters. The van der Waals surface area contributed by atoms with Gasteiger partial charge < -0.3 is 5.11 Å². The first-order valence-corrected chi connectivity index (χ1v) is 20.4. The highest BCUT2D eigenvalue weighted by Gasteiger charge is 2.27. The molecule has 2 heterocycles. The molecule has 0 aliphatic heterocycles. The zero-order chi connectivity index (χ0) is 46.0. The number of rotatable bonds is 8. The van der Waals surface area contributed by atoms with Crippen molar-refractivity contribution in [2.75, 3.05) is 0 Å². The number of fused-ring (bicyclic) bond motifs is 1. The molecule has 0 spiro atoms. The molecular formula is C55H55N3O. The van der Waals surface area contributed by atoms with Gasteiger partial charge in [-0.05, 0) is 116 Å². The topological polar surface area (TPSA) is 50.9 Å². The molecule has 6 aromatic carbocycles. The van der Waals surface area contributed by atoms with E-state index in [-0.39, 0.29) is 51.7 Å². The zero-order valence-corrected chi connectivity index (χ0v) is 35.5. The third-order valence-electron chi connectivity index (χ3n) is 11.7. The molecule has 0 bridgehead atoms. The third kappa shape index (κ3) is 7.72. The van der Waals surface area contributed by atoms with E-state index in [1.807, 2.05) is 12.1 Å². The largest absolute Gasteiger partial charge is 0.507 e. The van der Waals surface area contributed by atoms with Gasteiger partial charge in [-0.25, -0.2) is 4.98 Å². The van der Waals surface area contributed by atoms with Crippen LogP contribution in [0.5, 0.6) is 5.75 Å². The Labute approximate surface area is 357 Å². The number of hydrogen-bond donors (Lipinski definition) is 1. The van der Waals surface area contributed by atoms with Gasteiger partial charge in [-0.1, -0.05) is 153 Å². The van der Waals surface area contributed by atoms with Crippen molar-refractivity contribution in [1.82, 2.24) is 14.5 Å². The number of phenols is 1. The summed E-state index contributed by atoms with van der Waals surface area (Å²) < 4.78 is 44.3. The average molecular weight is 779 g/mol. The normalized spacial score (nSPS) is 13.5. The van der Waals surface area contributed by atoms with Crippen molar-refractivity contribution in [2.24, 2.45) is 0 Å². The number of pyridine rings is 1. The third-order valence-corrected chi connectivity index (χ3v) is 11.7. The summed E-state index contributed by atoms with van der Waals surface area (Å²) in [5, 5.41) is 11.8. The molecule has 4 nitrogen and oxygen atoms in total. The Morgan fingerprint density at radius 3 is 1.98 bits per heavy atom. The zero-order valence-electron chi connectivity index (χ0n) is 40.5. The van der Waals surface area contributed by atoms with Crippen LogP contribution in [-0.4, -0.2) is 19.6 Å². The second-order valence-corrected chi connectivity index (χ2v) is 18.2. The molecule has 296 valence electrons. The summed E-state index contributed by atoms with van der Waals surface area (Å²) in [4.78, 5) is 10.3. The van der Waals surface area contributed by atoms with Crippen LogP contribution in [0.4, 0.5) is 0 Å². The average Bonchev–Trinajstić information content (AvgIpc) is 3.66. The van der Waals surface area contributed by atoms with Crippen molar-refractivity contribution >= 4 is 11.0 Å². The second-order valence-electron chi connectivity index (χ2n) is 18.2. The molecule has 0 aliphatic carbocycles. The molecule has 8 rings (SSSR count). The number of para-hydroxylation sites is 1. The van der Waals surface area contributed by atoms with Gasteiger partial charge in [0.2, 0.25) is 0 Å². The Hall–Kier alpha value is -6.26. The van der Waals surface area contributed by atoms with E-state index in [2.05, 4.69) is 152 Å². The lowest BCUT2D eigenvalue weighted by atomic mass is 9.81. The number of aromatic nitrogens is 3. The van der Waals surface area contributed by atoms with E-state index in [0.29, 0.717) is 22.6 Å². The van der Waals surface area contributed by atoms with Gasteiger partial charge in [-0.3, -0.25) is 9.55 Å². The molecule has 1 N–H and O–H groups in total. The molecular weight excluding hydrogens is 719 g/mol. The highest BCUT2D eigenvalue weighted by atomic mass is 16.3. The quantitative estimate of drug-likeness (QED) is 0.167. The molecule has 0 amide bonds. The van der Waals surface area contributed by atoms with Crippen LogP contribution in [0, 0.1) is 0 Å². The van der Waals surface area contributed by atoms with Crippen LogP contribution in [0.25, 0.3) is 72.7 Å². The first-order chi connectivity index (χ1) is 30.2. The number of imidazole rings is 1. The highest BCUT2D eigenvalue weighted by molar-refractivity contribution is 5.97. The molecule has 0 fully saturated rings. The molecule has 0 saturated carbocycles. The molecule has 4 heteroatoms. The maximum Gasteiger partial charge on any atom is 0.149 e. The van der Waals surface area contributed by atoms with Gasteiger partial charge in [0.25, 0.3) is 0 Å². The lowest BCUT2D eigenvalue weighted by Crippen LogP contribution is -2.15. The lowest BCUT2D eigenvalue weighted by Gasteiger charge is -2.25. The van der Waals surface area contributed by atoms with E-state index in [0.717, 1.165) is 62.1 Å². The molecule has 0 unspecified atom stereocenters. The van der Waals surface area contributed by atoms with Crippen molar-refractivity contribution in [3.63, 3.8) is 0 Å². The summed E-state index contributed by atoms with van der Waals surface area (Å²) in [6.45, 7) is 19.8. The number of nitrogens with zero attached hydrogens (tertiary/aromatic N) is 3. The Morgan fingerprint density at radius 1 is 0.576 bits per heavy atom. The number of phenolic OH excluding ortho intramolecular Hbond substituents is 1. The predicted octanol–water partition coefficient (Wildman–Crippen LogP) is 14.7. The Balaban J connectivity index is 1.42. The van der Waals surface area contributed by atoms with Crippen LogP contribution in [0.15, 0.2) is 152 Å². The minimum absolute atomic E-state index is 0.105. The van der Waals surface area contributed by atoms with Crippen LogP contribution in [-0.2, 0) is 16.2 Å². The first kappa shape index (κ1) is 33.7. The summed E-state index contributed by atoms with van der Waals surface area (Å²) >= 11 is 0. The van der Waals surface area contributed by atoms with Gasteiger partial charge in [0.1, 0.15) is 11.6 Å². The van der Waals surface area contributed by atoms with Gasteiger partial charge in [0, 0.05) is 22.9 Å². The molecule has 0 aliphatic rings. The summed E-state index contributed by atoms with van der Waals surface area (Å²) in [6, 6.07) is 37.4. The van der Waals surface area contributed by atoms with Crippen molar-refractivity contribution in [1.29, 1.82) is 0 Å². The number of aromatic hydroxyl groups is 1. The fraction of sp³-hybridized carbons (Fsp3) is 0.236. The van der Waals surface area contributed by atoms with E-state index >= 15 is 0 Å². The van der Waals surface area contributed by atoms with Crippen LogP contribution >= 0.6 is 0 Å². The van der Waals surface area contributed by atoms with Crippen molar-refractivity contribution in [3.05, 3.63) is 168 Å². The number of benzene rings is 6. The molecule has 0 radical (unpaired) electrons. The lowest BCUT2D eigenvalue weighted by molar-refractivity contribution is 0.473. The summed E-state index contributed by atoms with van der Waals surface area (Å²) in [6.07, 6.45) is 2.54. The smallest absolute Gasteiger partial charge is 0.149 e. The van der Waals surface area contributed by atoms with Crippen LogP contribution < -0.4 is 0 Å². The summed E-state index contributed by atoms with van der Waals surface area (Å²) in [5.74, 6) is 0.762. The minimum Gasteiger partial charge on any atom is -0.507 e. The summed E-state index contributed by atoms with van der Waals surface area (Å²) in [5.41, 5.74) is 12.0. The molecule has 0 saturated heterocycles. The number of hydrogen-bond acceptors (Lipinski definition) is 3. The van der Waals surface area contributed by atoms with E-state index < -0.39 is 6.04 Å². The molecule has 8 aromatic rings. The first-order valence-electron chi connectivity index (χ1n) is 22.9. The van der Waals surface area contributed by atoms with E-state index in [9.17, 15) is 5.11 Å². The highest BCUT2D eigenvalue weighted by Crippen LogP contribution is 2.43. The standard InChI is InChI=1S/C55H55N3O/c1-10-55(8,9)42-25-27-50(59)46(35-42)52-57-51-44(22-17-23-49(51)58(52)48-26-24-41(53(2,3)4)34-45(48)37-20-15-12-16-21-37)39-30-40(32-43(31-39)54(5,6)7)47-33-38(28-29-56-47)36-18-13-11-14-19-36/h11-35,59H,10H2,1-9H3/i11D,13D,14D,18D,19D. The molecule has 59 heavy (non-hydrogen) atoms. The Bertz CT molecular complexity index is 3070. The molecule has 2 aromatic heterocycles. The van der Waals surface area contributed by atoms with E-state index in [4.69, 9.17) is 16.8 Å². The minimum atomic E-state index is -0.429. The van der Waals surface area contributed by atoms with Gasteiger partial charge in [-0.2, -0.15) is 0 Å². The van der Waals surface area contributed by atoms with Crippen molar-refractivity contribution < 1.29 is 12.0 Å². The summed E-state index contributed by atoms with van der Waals surface area (Å²) in [7, 11) is 0. The van der Waals surface area contributed by atoms with Crippen LogP contribution in [0.3, 0.4) is 0 Å². The fourth-order valence-corrected chi connectivity index (χ4v) is 7.65. The monoisotopic (exact) mass is 778 g/mol. The van der Waals surface area contributed by atoms with Gasteiger partial charge >= 0.3 is 0 Å². The van der Waals surface area contributed by atoms with Crippen LogP contribution in [0.1, 0.15) is 92.3 Å². The Morgan fingerprint density at radius 2 is 1.27 bits per heavy atom. The van der Waals surface area contributed by atoms with Crippen molar-refractivity contribution in [2.45, 2.75) is 85.0 Å². The maximum atomic E-state index is 11.8.